The fraction of sp³-hybridized carbons (Fsp3) is 0.368. The minimum absolute atomic E-state index is 0. The van der Waals surface area contributed by atoms with E-state index in [1.165, 1.54) is 5.56 Å². The summed E-state index contributed by atoms with van der Waals surface area (Å²) < 4.78 is 0. The number of rotatable bonds is 6. The highest BCUT2D eigenvalue weighted by molar-refractivity contribution is 5.92. The highest BCUT2D eigenvalue weighted by atomic mass is 35.5. The number of aromatic nitrogens is 1. The van der Waals surface area contributed by atoms with Crippen LogP contribution in [-0.2, 0) is 11.3 Å². The van der Waals surface area contributed by atoms with E-state index < -0.39 is 0 Å². The van der Waals surface area contributed by atoms with Gasteiger partial charge in [-0.15, -0.1) is 37.2 Å². The van der Waals surface area contributed by atoms with Gasteiger partial charge in [0.2, 0.25) is 5.91 Å². The molecular formula is C19H28Cl3N5O. The number of carbonyl (C=O) groups excluding carboxylic acids is 1. The van der Waals surface area contributed by atoms with E-state index in [0.717, 1.165) is 44.2 Å². The highest BCUT2D eigenvalue weighted by Gasteiger charge is 2.17. The lowest BCUT2D eigenvalue weighted by Gasteiger charge is -2.35. The van der Waals surface area contributed by atoms with Crippen molar-refractivity contribution in [2.24, 2.45) is 0 Å². The van der Waals surface area contributed by atoms with Crippen molar-refractivity contribution in [1.82, 2.24) is 15.2 Å². The van der Waals surface area contributed by atoms with Crippen LogP contribution in [0.4, 0.5) is 11.5 Å². The molecule has 1 aromatic heterocycles. The molecule has 1 amide bonds. The third-order valence-electron chi connectivity index (χ3n) is 4.33. The van der Waals surface area contributed by atoms with Crippen molar-refractivity contribution in [3.8, 4) is 0 Å². The summed E-state index contributed by atoms with van der Waals surface area (Å²) in [5.41, 5.74) is 2.10. The smallest absolute Gasteiger partial charge is 0.238 e. The highest BCUT2D eigenvalue weighted by Crippen LogP contribution is 2.16. The number of amides is 1. The van der Waals surface area contributed by atoms with Gasteiger partial charge in [0, 0.05) is 44.6 Å². The van der Waals surface area contributed by atoms with Crippen LogP contribution in [-0.4, -0.2) is 55.6 Å². The van der Waals surface area contributed by atoms with Crippen LogP contribution in [0.1, 0.15) is 5.56 Å². The third kappa shape index (κ3) is 7.81. The van der Waals surface area contributed by atoms with E-state index in [-0.39, 0.29) is 43.1 Å². The van der Waals surface area contributed by atoms with Crippen molar-refractivity contribution in [3.63, 3.8) is 0 Å². The first-order valence-corrected chi connectivity index (χ1v) is 8.66. The number of carbonyl (C=O) groups is 1. The van der Waals surface area contributed by atoms with Gasteiger partial charge in [-0.05, 0) is 36.9 Å². The lowest BCUT2D eigenvalue weighted by atomic mass is 10.1. The molecular weight excluding hydrogens is 421 g/mol. The second-order valence-electron chi connectivity index (χ2n) is 6.23. The molecule has 156 valence electrons. The summed E-state index contributed by atoms with van der Waals surface area (Å²) in [4.78, 5) is 20.8. The van der Waals surface area contributed by atoms with Gasteiger partial charge in [0.1, 0.15) is 5.82 Å². The molecule has 1 aliphatic heterocycles. The fourth-order valence-corrected chi connectivity index (χ4v) is 2.99. The SMILES string of the molecule is CNCC(=O)Nc1ccc(CN2CCN(c3ccccn3)CC2)cc1.Cl.Cl.Cl. The van der Waals surface area contributed by atoms with Crippen molar-refractivity contribution in [2.75, 3.05) is 50.0 Å². The molecule has 3 rings (SSSR count). The van der Waals surface area contributed by atoms with Crippen LogP contribution in [0.5, 0.6) is 0 Å². The molecule has 0 spiro atoms. The van der Waals surface area contributed by atoms with Gasteiger partial charge in [-0.1, -0.05) is 18.2 Å². The Labute approximate surface area is 185 Å². The average molecular weight is 449 g/mol. The van der Waals surface area contributed by atoms with E-state index in [1.54, 1.807) is 7.05 Å². The predicted octanol–water partition coefficient (Wildman–Crippen LogP) is 2.83. The Kier molecular flexibility index (Phi) is 12.8. The second kappa shape index (κ2) is 13.6. The summed E-state index contributed by atoms with van der Waals surface area (Å²) in [6, 6.07) is 14.1. The topological polar surface area (TPSA) is 60.5 Å². The molecule has 28 heavy (non-hydrogen) atoms. The maximum Gasteiger partial charge on any atom is 0.238 e. The molecule has 2 aromatic rings. The molecule has 0 bridgehead atoms. The second-order valence-corrected chi connectivity index (χ2v) is 6.23. The number of piperazine rings is 1. The standard InChI is InChI=1S/C19H25N5O.3ClH/c1-20-14-19(25)22-17-7-5-16(6-8-17)15-23-10-12-24(13-11-23)18-4-2-3-9-21-18;;;/h2-9,20H,10-15H2,1H3,(H,22,25);3*1H. The van der Waals surface area contributed by atoms with Crippen LogP contribution >= 0.6 is 37.2 Å². The number of hydrogen-bond donors (Lipinski definition) is 2. The van der Waals surface area contributed by atoms with Crippen molar-refractivity contribution in [3.05, 3.63) is 54.2 Å². The Morgan fingerprint density at radius 2 is 1.68 bits per heavy atom. The molecule has 0 unspecified atom stereocenters. The van der Waals surface area contributed by atoms with E-state index in [0.29, 0.717) is 6.54 Å². The van der Waals surface area contributed by atoms with Crippen LogP contribution < -0.4 is 15.5 Å². The largest absolute Gasteiger partial charge is 0.354 e. The molecule has 0 aliphatic carbocycles. The predicted molar refractivity (Wildman–Crippen MR) is 122 cm³/mol. The summed E-state index contributed by atoms with van der Waals surface area (Å²) in [5, 5.41) is 5.71. The number of likely N-dealkylation sites (N-methyl/N-ethyl adjacent to an activating group) is 1. The van der Waals surface area contributed by atoms with Gasteiger partial charge in [-0.25, -0.2) is 4.98 Å². The maximum absolute atomic E-state index is 11.6. The summed E-state index contributed by atoms with van der Waals surface area (Å²) >= 11 is 0. The van der Waals surface area contributed by atoms with E-state index in [9.17, 15) is 4.79 Å². The first-order chi connectivity index (χ1) is 12.2. The van der Waals surface area contributed by atoms with Crippen LogP contribution in [0, 0.1) is 0 Å². The molecule has 1 saturated heterocycles. The van der Waals surface area contributed by atoms with E-state index >= 15 is 0 Å². The normalized spacial score (nSPS) is 13.5. The zero-order valence-corrected chi connectivity index (χ0v) is 18.3. The quantitative estimate of drug-likeness (QED) is 0.711. The number of hydrogen-bond acceptors (Lipinski definition) is 5. The first-order valence-electron chi connectivity index (χ1n) is 8.66. The molecule has 1 aromatic carbocycles. The minimum atomic E-state index is -0.0270. The Balaban J connectivity index is 0.00000243. The number of halogens is 3. The molecule has 1 fully saturated rings. The van der Waals surface area contributed by atoms with Gasteiger partial charge in [0.25, 0.3) is 0 Å². The molecule has 0 saturated carbocycles. The Morgan fingerprint density at radius 3 is 2.25 bits per heavy atom. The molecule has 2 N–H and O–H groups in total. The molecule has 9 heteroatoms. The molecule has 0 radical (unpaired) electrons. The Morgan fingerprint density at radius 1 is 1.00 bits per heavy atom. The van der Waals surface area contributed by atoms with Gasteiger partial charge >= 0.3 is 0 Å². The van der Waals surface area contributed by atoms with Crippen molar-refractivity contribution < 1.29 is 4.79 Å². The summed E-state index contributed by atoms with van der Waals surface area (Å²) in [5.74, 6) is 1.03. The lowest BCUT2D eigenvalue weighted by molar-refractivity contribution is -0.115. The minimum Gasteiger partial charge on any atom is -0.354 e. The van der Waals surface area contributed by atoms with Crippen molar-refractivity contribution in [2.45, 2.75) is 6.54 Å². The third-order valence-corrected chi connectivity index (χ3v) is 4.33. The van der Waals surface area contributed by atoms with Crippen LogP contribution in [0.2, 0.25) is 0 Å². The average Bonchev–Trinajstić information content (AvgIpc) is 2.65. The monoisotopic (exact) mass is 447 g/mol. The van der Waals surface area contributed by atoms with E-state index in [2.05, 4.69) is 43.6 Å². The first kappa shape index (κ1) is 26.4. The summed E-state index contributed by atoms with van der Waals surface area (Å²) in [6.45, 7) is 5.29. The van der Waals surface area contributed by atoms with Crippen LogP contribution in [0.3, 0.4) is 0 Å². The number of nitrogens with one attached hydrogen (secondary N) is 2. The van der Waals surface area contributed by atoms with Gasteiger partial charge in [-0.3, -0.25) is 9.69 Å². The maximum atomic E-state index is 11.6. The van der Waals surface area contributed by atoms with Gasteiger partial charge < -0.3 is 15.5 Å². The number of pyridine rings is 1. The zero-order chi connectivity index (χ0) is 17.5. The number of nitrogens with zero attached hydrogens (tertiary/aromatic N) is 3. The fourth-order valence-electron chi connectivity index (χ4n) is 2.99. The molecule has 1 aliphatic rings. The molecule has 2 heterocycles. The van der Waals surface area contributed by atoms with Gasteiger partial charge in [0.15, 0.2) is 0 Å². The Hall–Kier alpha value is -1.57. The number of benzene rings is 1. The molecule has 0 atom stereocenters. The van der Waals surface area contributed by atoms with Crippen molar-refractivity contribution >= 4 is 54.6 Å². The van der Waals surface area contributed by atoms with Crippen LogP contribution in [0.25, 0.3) is 0 Å². The van der Waals surface area contributed by atoms with Gasteiger partial charge in [-0.2, -0.15) is 0 Å². The van der Waals surface area contributed by atoms with E-state index in [1.807, 2.05) is 30.5 Å². The summed E-state index contributed by atoms with van der Waals surface area (Å²) in [7, 11) is 1.76. The molecule has 6 nitrogen and oxygen atoms in total. The van der Waals surface area contributed by atoms with E-state index in [4.69, 9.17) is 0 Å². The van der Waals surface area contributed by atoms with Crippen molar-refractivity contribution in [1.29, 1.82) is 0 Å². The zero-order valence-electron chi connectivity index (χ0n) is 15.8. The lowest BCUT2D eigenvalue weighted by Crippen LogP contribution is -2.46. The van der Waals surface area contributed by atoms with Crippen LogP contribution in [0.15, 0.2) is 48.7 Å². The van der Waals surface area contributed by atoms with Gasteiger partial charge in [0.05, 0.1) is 6.54 Å². The summed E-state index contributed by atoms with van der Waals surface area (Å²) in [6.07, 6.45) is 1.85. The Bertz CT molecular complexity index is 680. The number of anilines is 2.